The van der Waals surface area contributed by atoms with E-state index < -0.39 is 20.7 Å². The summed E-state index contributed by atoms with van der Waals surface area (Å²) in [4.78, 5) is -0.441. The van der Waals surface area contributed by atoms with Gasteiger partial charge in [-0.25, -0.2) is 17.5 Å². The van der Waals surface area contributed by atoms with E-state index >= 15 is 0 Å². The summed E-state index contributed by atoms with van der Waals surface area (Å²) in [6, 6.07) is 2.44. The highest BCUT2D eigenvalue weighted by molar-refractivity contribution is 7.89. The van der Waals surface area contributed by atoms with Gasteiger partial charge in [0.1, 0.15) is 10.7 Å². The monoisotopic (exact) mass is 320 g/mol. The first-order valence-corrected chi connectivity index (χ1v) is 8.21. The minimum absolute atomic E-state index is 0.0876. The Labute approximate surface area is 123 Å². The van der Waals surface area contributed by atoms with Gasteiger partial charge < -0.3 is 5.73 Å². The minimum atomic E-state index is -3.92. The highest BCUT2D eigenvalue weighted by atomic mass is 35.5. The Morgan fingerprint density at radius 3 is 2.60 bits per heavy atom. The van der Waals surface area contributed by atoms with Crippen molar-refractivity contribution < 1.29 is 12.8 Å². The third-order valence-electron chi connectivity index (χ3n) is 3.83. The standard InChI is InChI=1S/C13H18ClFN2O2S/c1-13(2)5-9(13)7-17-20(18,19)11-4-10(14)3-8(6-16)12(11)15/h3-4,9,17H,5-7,16H2,1-2H3. The van der Waals surface area contributed by atoms with Crippen LogP contribution in [-0.4, -0.2) is 15.0 Å². The molecule has 112 valence electrons. The summed E-state index contributed by atoms with van der Waals surface area (Å²) in [6.07, 6.45) is 0.960. The molecule has 1 aliphatic carbocycles. The molecule has 1 unspecified atom stereocenters. The Morgan fingerprint density at radius 1 is 1.50 bits per heavy atom. The number of hydrogen-bond donors (Lipinski definition) is 2. The van der Waals surface area contributed by atoms with E-state index in [4.69, 9.17) is 17.3 Å². The van der Waals surface area contributed by atoms with Crippen molar-refractivity contribution in [3.05, 3.63) is 28.5 Å². The van der Waals surface area contributed by atoms with Gasteiger partial charge in [-0.1, -0.05) is 25.4 Å². The van der Waals surface area contributed by atoms with Gasteiger partial charge in [0.15, 0.2) is 0 Å². The molecular formula is C13H18ClFN2O2S. The van der Waals surface area contributed by atoms with Crippen molar-refractivity contribution in [1.29, 1.82) is 0 Å². The van der Waals surface area contributed by atoms with Crippen LogP contribution >= 0.6 is 11.6 Å². The number of hydrogen-bond acceptors (Lipinski definition) is 3. The molecule has 3 N–H and O–H groups in total. The first kappa shape index (κ1) is 15.7. The molecule has 0 aliphatic heterocycles. The van der Waals surface area contributed by atoms with Crippen molar-refractivity contribution >= 4 is 21.6 Å². The predicted molar refractivity (Wildman–Crippen MR) is 76.4 cm³/mol. The smallest absolute Gasteiger partial charge is 0.243 e. The third-order valence-corrected chi connectivity index (χ3v) is 5.47. The lowest BCUT2D eigenvalue weighted by molar-refractivity contribution is 0.528. The van der Waals surface area contributed by atoms with Crippen LogP contribution in [0.4, 0.5) is 4.39 Å². The topological polar surface area (TPSA) is 72.2 Å². The molecule has 1 aromatic carbocycles. The number of rotatable bonds is 5. The molecule has 0 spiro atoms. The SMILES string of the molecule is CC1(C)CC1CNS(=O)(=O)c1cc(Cl)cc(CN)c1F. The molecule has 4 nitrogen and oxygen atoms in total. The van der Waals surface area contributed by atoms with Crippen LogP contribution in [0.1, 0.15) is 25.8 Å². The first-order valence-electron chi connectivity index (χ1n) is 6.35. The predicted octanol–water partition coefficient (Wildman–Crippen LogP) is 2.26. The zero-order valence-corrected chi connectivity index (χ0v) is 13.0. The fraction of sp³-hybridized carbons (Fsp3) is 0.538. The minimum Gasteiger partial charge on any atom is -0.326 e. The van der Waals surface area contributed by atoms with E-state index in [9.17, 15) is 12.8 Å². The first-order chi connectivity index (χ1) is 9.17. The molecule has 1 aliphatic rings. The van der Waals surface area contributed by atoms with Crippen molar-refractivity contribution in [1.82, 2.24) is 4.72 Å². The maximum Gasteiger partial charge on any atom is 0.243 e. The average Bonchev–Trinajstić information content (AvgIpc) is 2.97. The Balaban J connectivity index is 2.23. The number of halogens is 2. The normalized spacial score (nSPS) is 20.9. The lowest BCUT2D eigenvalue weighted by Crippen LogP contribution is -2.28. The Morgan fingerprint density at radius 2 is 2.10 bits per heavy atom. The molecule has 1 atom stereocenters. The van der Waals surface area contributed by atoms with Crippen molar-refractivity contribution in [2.75, 3.05) is 6.54 Å². The maximum absolute atomic E-state index is 14.1. The van der Waals surface area contributed by atoms with Crippen LogP contribution in [0.15, 0.2) is 17.0 Å². The lowest BCUT2D eigenvalue weighted by Gasteiger charge is -2.11. The quantitative estimate of drug-likeness (QED) is 0.874. The molecule has 1 fully saturated rings. The van der Waals surface area contributed by atoms with Crippen LogP contribution < -0.4 is 10.5 Å². The average molecular weight is 321 g/mol. The van der Waals surface area contributed by atoms with Gasteiger partial charge in [0, 0.05) is 23.7 Å². The summed E-state index contributed by atoms with van der Waals surface area (Å²) in [5, 5.41) is 0.152. The van der Waals surface area contributed by atoms with Crippen LogP contribution in [-0.2, 0) is 16.6 Å². The molecule has 1 saturated carbocycles. The van der Waals surface area contributed by atoms with Crippen LogP contribution in [0, 0.1) is 17.2 Å². The van der Waals surface area contributed by atoms with Crippen LogP contribution in [0.3, 0.4) is 0 Å². The van der Waals surface area contributed by atoms with Crippen LogP contribution in [0.5, 0.6) is 0 Å². The summed E-state index contributed by atoms with van der Waals surface area (Å²) < 4.78 is 40.9. The van der Waals surface area contributed by atoms with E-state index in [1.54, 1.807) is 0 Å². The van der Waals surface area contributed by atoms with E-state index in [-0.39, 0.29) is 28.5 Å². The lowest BCUT2D eigenvalue weighted by atomic mass is 10.1. The number of benzene rings is 1. The molecule has 20 heavy (non-hydrogen) atoms. The van der Waals surface area contributed by atoms with Crippen LogP contribution in [0.25, 0.3) is 0 Å². The van der Waals surface area contributed by atoms with E-state index in [1.807, 2.05) is 0 Å². The summed E-state index contributed by atoms with van der Waals surface area (Å²) in [5.41, 5.74) is 5.62. The Hall–Kier alpha value is -0.690. The van der Waals surface area contributed by atoms with Gasteiger partial charge in [-0.2, -0.15) is 0 Å². The number of sulfonamides is 1. The van der Waals surface area contributed by atoms with E-state index in [2.05, 4.69) is 18.6 Å². The van der Waals surface area contributed by atoms with Gasteiger partial charge in [0.2, 0.25) is 10.0 Å². The van der Waals surface area contributed by atoms with Gasteiger partial charge in [0.25, 0.3) is 0 Å². The van der Waals surface area contributed by atoms with Crippen molar-refractivity contribution in [3.8, 4) is 0 Å². The number of nitrogens with one attached hydrogen (secondary N) is 1. The molecule has 0 heterocycles. The summed E-state index contributed by atoms with van der Waals surface area (Å²) >= 11 is 5.81. The van der Waals surface area contributed by atoms with Crippen molar-refractivity contribution in [2.45, 2.75) is 31.7 Å². The van der Waals surface area contributed by atoms with Crippen molar-refractivity contribution in [2.24, 2.45) is 17.1 Å². The van der Waals surface area contributed by atoms with Crippen LogP contribution in [0.2, 0.25) is 5.02 Å². The third kappa shape index (κ3) is 3.14. The van der Waals surface area contributed by atoms with E-state index in [0.717, 1.165) is 12.5 Å². The molecule has 1 aromatic rings. The summed E-state index contributed by atoms with van der Waals surface area (Å²) in [5.74, 6) is -0.548. The molecule has 0 amide bonds. The zero-order valence-electron chi connectivity index (χ0n) is 11.4. The van der Waals surface area contributed by atoms with Crippen molar-refractivity contribution in [3.63, 3.8) is 0 Å². The maximum atomic E-state index is 14.1. The van der Waals surface area contributed by atoms with E-state index in [1.165, 1.54) is 6.07 Å². The molecule has 0 saturated heterocycles. The van der Waals surface area contributed by atoms with Gasteiger partial charge >= 0.3 is 0 Å². The second-order valence-electron chi connectivity index (χ2n) is 5.82. The van der Waals surface area contributed by atoms with E-state index in [0.29, 0.717) is 6.54 Å². The zero-order chi connectivity index (χ0) is 15.1. The molecule has 0 radical (unpaired) electrons. The Kier molecular flexibility index (Phi) is 4.12. The van der Waals surface area contributed by atoms with Gasteiger partial charge in [-0.15, -0.1) is 0 Å². The molecule has 0 aromatic heterocycles. The molecule has 7 heteroatoms. The number of nitrogens with two attached hydrogens (primary N) is 1. The largest absolute Gasteiger partial charge is 0.326 e. The molecule has 2 rings (SSSR count). The Bertz CT molecular complexity index is 632. The molecular weight excluding hydrogens is 303 g/mol. The fourth-order valence-electron chi connectivity index (χ4n) is 2.18. The fourth-order valence-corrected chi connectivity index (χ4v) is 3.71. The summed E-state index contributed by atoms with van der Waals surface area (Å²) in [7, 11) is -3.92. The molecule has 0 bridgehead atoms. The second kappa shape index (κ2) is 5.26. The highest BCUT2D eigenvalue weighted by Crippen LogP contribution is 2.51. The highest BCUT2D eigenvalue weighted by Gasteiger charge is 2.45. The van der Waals surface area contributed by atoms with Gasteiger partial charge in [-0.3, -0.25) is 0 Å². The summed E-state index contributed by atoms with van der Waals surface area (Å²) in [6.45, 7) is 4.33. The van der Waals surface area contributed by atoms with Gasteiger partial charge in [0.05, 0.1) is 0 Å². The second-order valence-corrected chi connectivity index (χ2v) is 7.99. The van der Waals surface area contributed by atoms with Gasteiger partial charge in [-0.05, 0) is 29.9 Å².